The Labute approximate surface area is 190 Å². The van der Waals surface area contributed by atoms with Crippen LogP contribution >= 0.6 is 23.4 Å². The molecule has 5 nitrogen and oxygen atoms in total. The van der Waals surface area contributed by atoms with Gasteiger partial charge in [0.2, 0.25) is 0 Å². The molecule has 0 spiro atoms. The summed E-state index contributed by atoms with van der Waals surface area (Å²) in [5, 5.41) is 8.78. The van der Waals surface area contributed by atoms with Crippen LogP contribution in [0.15, 0.2) is 53.6 Å². The average molecular weight is 481 g/mol. The van der Waals surface area contributed by atoms with Gasteiger partial charge in [-0.15, -0.1) is 0 Å². The van der Waals surface area contributed by atoms with Crippen molar-refractivity contribution < 1.29 is 13.0 Å². The molecular weight excluding hydrogens is 462 g/mol. The predicted molar refractivity (Wildman–Crippen MR) is 125 cm³/mol. The number of benzene rings is 2. The standard InChI is InChI=1S/C21H19ClF2N4OS2/c1-2-9-31(29)28-17-8-7-16(23)19(18(17)24)30-21(26)15-10-13(11-27-20(15)25)12-3-5-14(22)6-4-12/h3-8,10-11,26,28H,2,9H2,1H3,(H2,25,27). The fraction of sp³-hybridized carbons (Fsp3) is 0.143. The Hall–Kier alpha value is -2.49. The van der Waals surface area contributed by atoms with Gasteiger partial charge in [-0.3, -0.25) is 5.41 Å². The van der Waals surface area contributed by atoms with E-state index in [1.807, 2.05) is 6.92 Å². The lowest BCUT2D eigenvalue weighted by molar-refractivity contribution is 0.544. The van der Waals surface area contributed by atoms with Crippen LogP contribution in [0.3, 0.4) is 0 Å². The maximum absolute atomic E-state index is 14.9. The summed E-state index contributed by atoms with van der Waals surface area (Å²) < 4.78 is 43.7. The molecule has 0 fully saturated rings. The molecule has 1 heterocycles. The highest BCUT2D eigenvalue weighted by Gasteiger charge is 2.20. The summed E-state index contributed by atoms with van der Waals surface area (Å²) in [6.07, 6.45) is 2.19. The Morgan fingerprint density at radius 3 is 2.61 bits per heavy atom. The monoisotopic (exact) mass is 480 g/mol. The lowest BCUT2D eigenvalue weighted by Crippen LogP contribution is -2.10. The number of hydrogen-bond acceptors (Lipinski definition) is 5. The van der Waals surface area contributed by atoms with Crippen molar-refractivity contribution in [1.29, 1.82) is 5.41 Å². The van der Waals surface area contributed by atoms with Gasteiger partial charge in [-0.1, -0.05) is 42.4 Å². The lowest BCUT2D eigenvalue weighted by atomic mass is 10.1. The zero-order chi connectivity index (χ0) is 22.5. The molecule has 0 radical (unpaired) electrons. The van der Waals surface area contributed by atoms with E-state index in [0.29, 0.717) is 34.5 Å². The molecule has 0 aliphatic heterocycles. The van der Waals surface area contributed by atoms with E-state index < -0.39 is 22.6 Å². The molecule has 162 valence electrons. The minimum atomic E-state index is -1.49. The van der Waals surface area contributed by atoms with Crippen molar-refractivity contribution in [2.45, 2.75) is 18.2 Å². The highest BCUT2D eigenvalue weighted by Crippen LogP contribution is 2.34. The van der Waals surface area contributed by atoms with Gasteiger partial charge in [0.05, 0.1) is 10.6 Å². The third-order valence-electron chi connectivity index (χ3n) is 4.21. The van der Waals surface area contributed by atoms with Crippen molar-refractivity contribution in [2.75, 3.05) is 16.2 Å². The van der Waals surface area contributed by atoms with E-state index in [2.05, 4.69) is 9.71 Å². The van der Waals surface area contributed by atoms with Crippen molar-refractivity contribution in [1.82, 2.24) is 4.98 Å². The van der Waals surface area contributed by atoms with Gasteiger partial charge in [-0.05, 0) is 42.3 Å². The first-order chi connectivity index (χ1) is 14.8. The van der Waals surface area contributed by atoms with Crippen LogP contribution < -0.4 is 10.5 Å². The number of halogens is 3. The van der Waals surface area contributed by atoms with Gasteiger partial charge in [-0.2, -0.15) is 0 Å². The predicted octanol–water partition coefficient (Wildman–Crippen LogP) is 5.87. The Bertz CT molecular complexity index is 1140. The molecule has 3 aromatic rings. The van der Waals surface area contributed by atoms with Gasteiger partial charge in [0.25, 0.3) is 0 Å². The molecule has 2 aromatic carbocycles. The number of rotatable bonds is 7. The number of nitrogen functional groups attached to an aromatic ring is 1. The van der Waals surface area contributed by atoms with Gasteiger partial charge in [0, 0.05) is 28.1 Å². The minimum Gasteiger partial charge on any atom is -0.383 e. The number of aromatic nitrogens is 1. The molecule has 0 aliphatic carbocycles. The smallest absolute Gasteiger partial charge is 0.164 e. The maximum atomic E-state index is 14.9. The zero-order valence-corrected chi connectivity index (χ0v) is 18.8. The lowest BCUT2D eigenvalue weighted by Gasteiger charge is -2.13. The molecule has 0 saturated heterocycles. The Balaban J connectivity index is 1.90. The summed E-state index contributed by atoms with van der Waals surface area (Å²) >= 11 is 6.50. The van der Waals surface area contributed by atoms with Crippen molar-refractivity contribution in [3.8, 4) is 11.1 Å². The number of hydrogen-bond donors (Lipinski definition) is 3. The number of nitrogens with one attached hydrogen (secondary N) is 2. The van der Waals surface area contributed by atoms with Crippen LogP contribution in [0.2, 0.25) is 5.02 Å². The van der Waals surface area contributed by atoms with Crippen LogP contribution in [0.5, 0.6) is 0 Å². The molecule has 1 aromatic heterocycles. The maximum Gasteiger partial charge on any atom is 0.164 e. The SMILES string of the molecule is CCCS(=O)Nc1ccc(F)c(SC(=N)c2cc(-c3ccc(Cl)cc3)cnc2N)c1F. The molecule has 0 amide bonds. The van der Waals surface area contributed by atoms with E-state index in [-0.39, 0.29) is 27.0 Å². The summed E-state index contributed by atoms with van der Waals surface area (Å²) in [5.74, 6) is -1.36. The third-order valence-corrected chi connectivity index (χ3v) is 6.69. The molecule has 31 heavy (non-hydrogen) atoms. The van der Waals surface area contributed by atoms with Crippen LogP contribution in [-0.2, 0) is 11.0 Å². The highest BCUT2D eigenvalue weighted by atomic mass is 35.5. The summed E-state index contributed by atoms with van der Waals surface area (Å²) in [4.78, 5) is 3.72. The molecule has 10 heteroatoms. The van der Waals surface area contributed by atoms with Gasteiger partial charge in [0.1, 0.15) is 27.7 Å². The molecule has 4 N–H and O–H groups in total. The average Bonchev–Trinajstić information content (AvgIpc) is 2.74. The number of nitrogens with two attached hydrogens (primary N) is 1. The van der Waals surface area contributed by atoms with Gasteiger partial charge < -0.3 is 10.5 Å². The van der Waals surface area contributed by atoms with Crippen LogP contribution in [0.4, 0.5) is 20.3 Å². The van der Waals surface area contributed by atoms with Crippen LogP contribution in [-0.4, -0.2) is 20.0 Å². The molecule has 0 bridgehead atoms. The van der Waals surface area contributed by atoms with Crippen LogP contribution in [0.1, 0.15) is 18.9 Å². The highest BCUT2D eigenvalue weighted by molar-refractivity contribution is 8.14. The van der Waals surface area contributed by atoms with Gasteiger partial charge in [0.15, 0.2) is 5.82 Å². The molecule has 0 saturated carbocycles. The quantitative estimate of drug-likeness (QED) is 0.224. The fourth-order valence-electron chi connectivity index (χ4n) is 2.68. The summed E-state index contributed by atoms with van der Waals surface area (Å²) in [5.41, 5.74) is 7.55. The van der Waals surface area contributed by atoms with Gasteiger partial charge in [-0.25, -0.2) is 18.0 Å². The number of pyridine rings is 1. The van der Waals surface area contributed by atoms with Gasteiger partial charge >= 0.3 is 0 Å². The van der Waals surface area contributed by atoms with E-state index in [1.165, 1.54) is 6.07 Å². The normalized spacial score (nSPS) is 11.9. The van der Waals surface area contributed by atoms with Crippen LogP contribution in [0.25, 0.3) is 11.1 Å². The van der Waals surface area contributed by atoms with E-state index in [0.717, 1.165) is 11.6 Å². The van der Waals surface area contributed by atoms with E-state index >= 15 is 0 Å². The molecule has 0 aliphatic rings. The minimum absolute atomic E-state index is 0.0642. The summed E-state index contributed by atoms with van der Waals surface area (Å²) in [6.45, 7) is 1.85. The first-order valence-electron chi connectivity index (χ1n) is 9.21. The number of thioether (sulfide) groups is 1. The van der Waals surface area contributed by atoms with E-state index in [4.69, 9.17) is 22.7 Å². The first kappa shape index (κ1) is 23.2. The molecule has 1 unspecified atom stereocenters. The summed E-state index contributed by atoms with van der Waals surface area (Å²) in [7, 11) is -1.49. The van der Waals surface area contributed by atoms with Crippen molar-refractivity contribution in [3.05, 3.63) is 70.9 Å². The topological polar surface area (TPSA) is 91.9 Å². The largest absolute Gasteiger partial charge is 0.383 e. The molecular formula is C21H19ClF2N4OS2. The van der Waals surface area contributed by atoms with Crippen molar-refractivity contribution in [3.63, 3.8) is 0 Å². The fourth-order valence-corrected chi connectivity index (χ4v) is 4.52. The van der Waals surface area contributed by atoms with Crippen LogP contribution in [0, 0.1) is 17.0 Å². The van der Waals surface area contributed by atoms with Crippen molar-refractivity contribution in [2.24, 2.45) is 0 Å². The Morgan fingerprint density at radius 1 is 1.23 bits per heavy atom. The van der Waals surface area contributed by atoms with Crippen molar-refractivity contribution >= 4 is 50.9 Å². The number of nitrogens with zero attached hydrogens (tertiary/aromatic N) is 1. The second-order valence-corrected chi connectivity index (χ2v) is 9.25. The Morgan fingerprint density at radius 2 is 1.94 bits per heavy atom. The Kier molecular flexibility index (Phi) is 7.64. The summed E-state index contributed by atoms with van der Waals surface area (Å²) in [6, 6.07) is 10.9. The first-order valence-corrected chi connectivity index (χ1v) is 11.7. The third kappa shape index (κ3) is 5.61. The van der Waals surface area contributed by atoms with E-state index in [9.17, 15) is 13.0 Å². The second kappa shape index (κ2) is 10.2. The second-order valence-electron chi connectivity index (χ2n) is 6.48. The molecule has 3 rings (SSSR count). The zero-order valence-electron chi connectivity index (χ0n) is 16.4. The number of anilines is 2. The van der Waals surface area contributed by atoms with E-state index in [1.54, 1.807) is 36.5 Å². The molecule has 1 atom stereocenters.